The Bertz CT molecular complexity index is 873. The molecule has 1 aliphatic rings. The van der Waals surface area contributed by atoms with Crippen molar-refractivity contribution in [1.82, 2.24) is 24.8 Å². The van der Waals surface area contributed by atoms with Crippen molar-refractivity contribution in [2.75, 3.05) is 19.6 Å². The fourth-order valence-electron chi connectivity index (χ4n) is 3.45. The van der Waals surface area contributed by atoms with Crippen molar-refractivity contribution in [3.05, 3.63) is 41.7 Å². The summed E-state index contributed by atoms with van der Waals surface area (Å²) in [6.07, 6.45) is 3.52. The summed E-state index contributed by atoms with van der Waals surface area (Å²) in [5, 5.41) is 8.35. The molecule has 2 heterocycles. The molecule has 1 atom stereocenters. The first kappa shape index (κ1) is 20.8. The highest BCUT2D eigenvalue weighted by molar-refractivity contribution is 5.98. The molecule has 29 heavy (non-hydrogen) atoms. The van der Waals surface area contributed by atoms with E-state index in [1.807, 2.05) is 57.7 Å². The van der Waals surface area contributed by atoms with E-state index in [9.17, 15) is 9.59 Å². The van der Waals surface area contributed by atoms with Gasteiger partial charge in [-0.25, -0.2) is 4.79 Å². The minimum Gasteiger partial charge on any atom is -0.444 e. The van der Waals surface area contributed by atoms with Gasteiger partial charge in [-0.05, 0) is 53.2 Å². The van der Waals surface area contributed by atoms with Crippen LogP contribution < -0.4 is 0 Å². The average molecular weight is 399 g/mol. The Hall–Kier alpha value is -2.90. The van der Waals surface area contributed by atoms with E-state index in [1.165, 1.54) is 4.80 Å². The van der Waals surface area contributed by atoms with Gasteiger partial charge in [0.05, 0.1) is 23.6 Å². The Morgan fingerprint density at radius 1 is 1.14 bits per heavy atom. The second-order valence-electron chi connectivity index (χ2n) is 8.47. The number of carbonyl (C=O) groups is 2. The Kier molecular flexibility index (Phi) is 5.91. The van der Waals surface area contributed by atoms with Crippen molar-refractivity contribution < 1.29 is 14.3 Å². The molecule has 2 amide bonds. The van der Waals surface area contributed by atoms with Crippen molar-refractivity contribution in [1.29, 1.82) is 0 Å². The standard InChI is InChI=1S/C21H29N5O3/c1-15-7-8-18(26-22-9-10-23-26)17(13-15)19(27)25-12-6-11-24(14-16(25)2)20(28)29-21(3,4)5/h7-10,13,16H,6,11-12,14H2,1-5H3/t16-/m0/s1. The van der Waals surface area contributed by atoms with Gasteiger partial charge in [-0.3, -0.25) is 4.79 Å². The molecule has 156 valence electrons. The van der Waals surface area contributed by atoms with Gasteiger partial charge in [0.15, 0.2) is 0 Å². The van der Waals surface area contributed by atoms with Gasteiger partial charge in [-0.15, -0.1) is 0 Å². The maximum absolute atomic E-state index is 13.5. The largest absolute Gasteiger partial charge is 0.444 e. The van der Waals surface area contributed by atoms with Crippen LogP contribution >= 0.6 is 0 Å². The third kappa shape index (κ3) is 4.93. The minimum atomic E-state index is -0.546. The van der Waals surface area contributed by atoms with E-state index in [1.54, 1.807) is 17.3 Å². The average Bonchev–Trinajstić information content (AvgIpc) is 3.09. The van der Waals surface area contributed by atoms with E-state index in [4.69, 9.17) is 4.74 Å². The summed E-state index contributed by atoms with van der Waals surface area (Å²) in [4.78, 5) is 30.9. The number of carbonyl (C=O) groups excluding carboxylic acids is 2. The predicted molar refractivity (Wildman–Crippen MR) is 109 cm³/mol. The Morgan fingerprint density at radius 3 is 2.48 bits per heavy atom. The smallest absolute Gasteiger partial charge is 0.410 e. The highest BCUT2D eigenvalue weighted by atomic mass is 16.6. The Labute approximate surface area is 171 Å². The molecule has 0 spiro atoms. The van der Waals surface area contributed by atoms with Gasteiger partial charge >= 0.3 is 6.09 Å². The SMILES string of the molecule is Cc1ccc(-n2nccn2)c(C(=O)N2CCCN(C(=O)OC(C)(C)C)C[C@@H]2C)c1. The van der Waals surface area contributed by atoms with E-state index in [0.717, 1.165) is 5.56 Å². The van der Waals surface area contributed by atoms with Crippen molar-refractivity contribution in [3.63, 3.8) is 0 Å². The molecule has 1 aliphatic heterocycles. The monoisotopic (exact) mass is 399 g/mol. The van der Waals surface area contributed by atoms with E-state index in [2.05, 4.69) is 10.2 Å². The quantitative estimate of drug-likeness (QED) is 0.775. The predicted octanol–water partition coefficient (Wildman–Crippen LogP) is 3.05. The lowest BCUT2D eigenvalue weighted by Crippen LogP contribution is -2.45. The van der Waals surface area contributed by atoms with Crippen molar-refractivity contribution >= 4 is 12.0 Å². The molecule has 0 aliphatic carbocycles. The van der Waals surface area contributed by atoms with Gasteiger partial charge in [-0.1, -0.05) is 11.6 Å². The van der Waals surface area contributed by atoms with Crippen LogP contribution in [0.1, 0.15) is 50.0 Å². The lowest BCUT2D eigenvalue weighted by Gasteiger charge is -2.30. The fraction of sp³-hybridized carbons (Fsp3) is 0.524. The minimum absolute atomic E-state index is 0.0838. The Morgan fingerprint density at radius 2 is 1.83 bits per heavy atom. The summed E-state index contributed by atoms with van der Waals surface area (Å²) in [7, 11) is 0. The van der Waals surface area contributed by atoms with Crippen LogP contribution in [-0.2, 0) is 4.74 Å². The Balaban J connectivity index is 1.82. The first-order valence-corrected chi connectivity index (χ1v) is 9.92. The van der Waals surface area contributed by atoms with Crippen LogP contribution in [0.25, 0.3) is 5.69 Å². The number of aryl methyl sites for hydroxylation is 1. The number of aromatic nitrogens is 3. The molecule has 0 radical (unpaired) electrons. The first-order valence-electron chi connectivity index (χ1n) is 9.92. The summed E-state index contributed by atoms with van der Waals surface area (Å²) < 4.78 is 5.51. The highest BCUT2D eigenvalue weighted by Gasteiger charge is 2.31. The third-order valence-electron chi connectivity index (χ3n) is 4.77. The summed E-state index contributed by atoms with van der Waals surface area (Å²) in [6, 6.07) is 5.52. The molecule has 1 fully saturated rings. The van der Waals surface area contributed by atoms with E-state index in [-0.39, 0.29) is 18.0 Å². The second-order valence-corrected chi connectivity index (χ2v) is 8.47. The van der Waals surface area contributed by atoms with Crippen LogP contribution in [0.2, 0.25) is 0 Å². The number of hydrogen-bond acceptors (Lipinski definition) is 5. The number of nitrogens with zero attached hydrogens (tertiary/aromatic N) is 5. The normalized spacial score (nSPS) is 17.8. The molecule has 8 heteroatoms. The lowest BCUT2D eigenvalue weighted by molar-refractivity contribution is 0.0232. The van der Waals surface area contributed by atoms with Gasteiger partial charge < -0.3 is 14.5 Å². The molecule has 2 aromatic rings. The zero-order valence-corrected chi connectivity index (χ0v) is 17.8. The molecule has 1 saturated heterocycles. The van der Waals surface area contributed by atoms with E-state index >= 15 is 0 Å². The maximum atomic E-state index is 13.5. The number of ether oxygens (including phenoxy) is 1. The summed E-state index contributed by atoms with van der Waals surface area (Å²) in [6.45, 7) is 11.0. The van der Waals surface area contributed by atoms with Gasteiger partial charge in [0.2, 0.25) is 0 Å². The number of benzene rings is 1. The fourth-order valence-corrected chi connectivity index (χ4v) is 3.45. The molecule has 0 bridgehead atoms. The number of hydrogen-bond donors (Lipinski definition) is 0. The maximum Gasteiger partial charge on any atom is 0.410 e. The second kappa shape index (κ2) is 8.23. The topological polar surface area (TPSA) is 80.6 Å². The van der Waals surface area contributed by atoms with Gasteiger partial charge in [0.1, 0.15) is 5.60 Å². The molecular formula is C21H29N5O3. The van der Waals surface area contributed by atoms with Crippen LogP contribution in [-0.4, -0.2) is 68.1 Å². The summed E-state index contributed by atoms with van der Waals surface area (Å²) in [5.74, 6) is -0.0838. The van der Waals surface area contributed by atoms with Crippen molar-refractivity contribution in [2.45, 2.75) is 52.7 Å². The van der Waals surface area contributed by atoms with Gasteiger partial charge in [-0.2, -0.15) is 15.0 Å². The number of rotatable bonds is 2. The molecule has 1 aromatic carbocycles. The number of amides is 2. The highest BCUT2D eigenvalue weighted by Crippen LogP contribution is 2.21. The van der Waals surface area contributed by atoms with E-state index in [0.29, 0.717) is 37.3 Å². The zero-order chi connectivity index (χ0) is 21.2. The molecule has 8 nitrogen and oxygen atoms in total. The van der Waals surface area contributed by atoms with Crippen molar-refractivity contribution in [2.24, 2.45) is 0 Å². The van der Waals surface area contributed by atoms with Crippen LogP contribution in [0, 0.1) is 6.92 Å². The molecule has 1 aromatic heterocycles. The summed E-state index contributed by atoms with van der Waals surface area (Å²) >= 11 is 0. The van der Waals surface area contributed by atoms with E-state index < -0.39 is 5.60 Å². The lowest BCUT2D eigenvalue weighted by atomic mass is 10.1. The van der Waals surface area contributed by atoms with Crippen molar-refractivity contribution in [3.8, 4) is 5.69 Å². The first-order chi connectivity index (χ1) is 13.7. The molecule has 0 N–H and O–H groups in total. The third-order valence-corrected chi connectivity index (χ3v) is 4.77. The molecular weight excluding hydrogens is 370 g/mol. The molecule has 3 rings (SSSR count). The molecule has 0 saturated carbocycles. The van der Waals surface area contributed by atoms with Crippen LogP contribution in [0.5, 0.6) is 0 Å². The van der Waals surface area contributed by atoms with Gasteiger partial charge in [0, 0.05) is 25.7 Å². The van der Waals surface area contributed by atoms with Crippen LogP contribution in [0.15, 0.2) is 30.6 Å². The van der Waals surface area contributed by atoms with Gasteiger partial charge in [0.25, 0.3) is 5.91 Å². The summed E-state index contributed by atoms with van der Waals surface area (Å²) in [5.41, 5.74) is 1.64. The molecule has 0 unspecified atom stereocenters. The zero-order valence-electron chi connectivity index (χ0n) is 17.8. The van der Waals surface area contributed by atoms with Crippen LogP contribution in [0.3, 0.4) is 0 Å². The van der Waals surface area contributed by atoms with Crippen LogP contribution in [0.4, 0.5) is 4.79 Å².